The van der Waals surface area contributed by atoms with Gasteiger partial charge < -0.3 is 21.7 Å². The second-order valence-electron chi connectivity index (χ2n) is 5.99. The van der Waals surface area contributed by atoms with E-state index in [0.717, 1.165) is 11.1 Å². The van der Waals surface area contributed by atoms with Crippen LogP contribution in [0.4, 0.5) is 0 Å². The van der Waals surface area contributed by atoms with Gasteiger partial charge in [-0.2, -0.15) is 0 Å². The van der Waals surface area contributed by atoms with E-state index in [2.05, 4.69) is 0 Å². The van der Waals surface area contributed by atoms with Crippen molar-refractivity contribution >= 4 is 0 Å². The van der Waals surface area contributed by atoms with Crippen molar-refractivity contribution in [2.45, 2.75) is 37.1 Å². The maximum Gasteiger partial charge on any atom is 0.0773 e. The van der Waals surface area contributed by atoms with E-state index in [4.69, 9.17) is 11.5 Å². The van der Waals surface area contributed by atoms with Crippen LogP contribution in [0.25, 0.3) is 0 Å². The van der Waals surface area contributed by atoms with Crippen molar-refractivity contribution in [1.82, 2.24) is 0 Å². The Balaban J connectivity index is 0.000000131. The van der Waals surface area contributed by atoms with Gasteiger partial charge in [-0.3, -0.25) is 0 Å². The van der Waals surface area contributed by atoms with Gasteiger partial charge in [0.05, 0.1) is 24.3 Å². The number of hydrogen-bond acceptors (Lipinski definition) is 4. The van der Waals surface area contributed by atoms with E-state index in [9.17, 15) is 10.2 Å². The first kappa shape index (κ1) is 15.2. The number of benzene rings is 2. The van der Waals surface area contributed by atoms with Gasteiger partial charge in [0.25, 0.3) is 0 Å². The molecule has 0 saturated carbocycles. The molecule has 6 N–H and O–H groups in total. The Labute approximate surface area is 130 Å². The van der Waals surface area contributed by atoms with Crippen LogP contribution in [-0.4, -0.2) is 22.4 Å². The third kappa shape index (κ3) is 2.78. The second kappa shape index (κ2) is 6.18. The highest BCUT2D eigenvalue weighted by Gasteiger charge is 2.27. The van der Waals surface area contributed by atoms with Crippen LogP contribution in [0.2, 0.25) is 0 Å². The van der Waals surface area contributed by atoms with Gasteiger partial charge >= 0.3 is 0 Å². The fourth-order valence-electron chi connectivity index (χ4n) is 3.21. The molecule has 0 bridgehead atoms. The summed E-state index contributed by atoms with van der Waals surface area (Å²) in [5.41, 5.74) is 16.0. The average molecular weight is 298 g/mol. The Bertz CT molecular complexity index is 602. The molecule has 22 heavy (non-hydrogen) atoms. The minimum absolute atomic E-state index is 0.175. The van der Waals surface area contributed by atoms with E-state index in [-0.39, 0.29) is 24.3 Å². The summed E-state index contributed by atoms with van der Waals surface area (Å²) < 4.78 is 0. The number of fused-ring (bicyclic) bond motifs is 2. The van der Waals surface area contributed by atoms with Crippen LogP contribution < -0.4 is 11.5 Å². The van der Waals surface area contributed by atoms with Gasteiger partial charge in [0, 0.05) is 12.8 Å². The van der Waals surface area contributed by atoms with Crippen LogP contribution in [0.15, 0.2) is 48.5 Å². The molecule has 0 aliphatic heterocycles. The van der Waals surface area contributed by atoms with Crippen molar-refractivity contribution in [1.29, 1.82) is 0 Å². The molecule has 0 aromatic heterocycles. The number of nitrogens with two attached hydrogens (primary N) is 2. The molecule has 0 radical (unpaired) electrons. The predicted octanol–water partition coefficient (Wildman–Crippen LogP) is 1.21. The first-order valence-corrected chi connectivity index (χ1v) is 7.61. The molecule has 0 spiro atoms. The summed E-state index contributed by atoms with van der Waals surface area (Å²) >= 11 is 0. The van der Waals surface area contributed by atoms with Crippen molar-refractivity contribution in [3.8, 4) is 0 Å². The van der Waals surface area contributed by atoms with Crippen LogP contribution in [0.1, 0.15) is 34.3 Å². The first-order chi connectivity index (χ1) is 10.6. The smallest absolute Gasteiger partial charge is 0.0773 e. The van der Waals surface area contributed by atoms with E-state index in [1.807, 2.05) is 48.5 Å². The van der Waals surface area contributed by atoms with E-state index in [0.29, 0.717) is 12.8 Å². The number of hydrogen-bond donors (Lipinski definition) is 4. The third-order valence-corrected chi connectivity index (χ3v) is 4.52. The van der Waals surface area contributed by atoms with Crippen molar-refractivity contribution in [2.75, 3.05) is 0 Å². The highest BCUT2D eigenvalue weighted by atomic mass is 16.3. The molecule has 2 aromatic carbocycles. The highest BCUT2D eigenvalue weighted by molar-refractivity contribution is 5.36. The Morgan fingerprint density at radius 2 is 1.05 bits per heavy atom. The zero-order valence-corrected chi connectivity index (χ0v) is 12.4. The number of aliphatic hydroxyl groups is 2. The van der Waals surface area contributed by atoms with Gasteiger partial charge in [0.2, 0.25) is 0 Å². The van der Waals surface area contributed by atoms with E-state index in [1.54, 1.807) is 0 Å². The SMILES string of the molecule is N[C@@H]1c2ccccc2C[C@H]1O.N[C@H]1c2ccccc2C[C@@H]1O. The highest BCUT2D eigenvalue weighted by Crippen LogP contribution is 2.29. The third-order valence-electron chi connectivity index (χ3n) is 4.52. The maximum atomic E-state index is 9.39. The molecule has 0 heterocycles. The van der Waals surface area contributed by atoms with Crippen LogP contribution in [0.3, 0.4) is 0 Å². The Morgan fingerprint density at radius 3 is 1.41 bits per heavy atom. The van der Waals surface area contributed by atoms with E-state index in [1.165, 1.54) is 11.1 Å². The van der Waals surface area contributed by atoms with Gasteiger partial charge in [-0.1, -0.05) is 48.5 Å². The molecule has 4 atom stereocenters. The lowest BCUT2D eigenvalue weighted by atomic mass is 10.1. The standard InChI is InChI=1S/2C9H11NO/c2*10-9-7-4-2-1-3-6(7)5-8(9)11/h2*1-4,8-9,11H,5,10H2/t2*8-,9-/m10/s1. The van der Waals surface area contributed by atoms with Gasteiger partial charge in [-0.05, 0) is 22.3 Å². The number of aliphatic hydroxyl groups excluding tert-OH is 2. The molecular weight excluding hydrogens is 276 g/mol. The minimum Gasteiger partial charge on any atom is -0.391 e. The Hall–Kier alpha value is -1.72. The van der Waals surface area contributed by atoms with Crippen LogP contribution in [0.5, 0.6) is 0 Å². The lowest BCUT2D eigenvalue weighted by molar-refractivity contribution is 0.158. The lowest BCUT2D eigenvalue weighted by Crippen LogP contribution is -2.21. The lowest BCUT2D eigenvalue weighted by Gasteiger charge is -2.07. The summed E-state index contributed by atoms with van der Waals surface area (Å²) in [4.78, 5) is 0. The largest absolute Gasteiger partial charge is 0.391 e. The van der Waals surface area contributed by atoms with E-state index >= 15 is 0 Å². The molecule has 4 heteroatoms. The van der Waals surface area contributed by atoms with Gasteiger partial charge in [0.1, 0.15) is 0 Å². The summed E-state index contributed by atoms with van der Waals surface area (Å²) in [7, 11) is 0. The molecule has 0 fully saturated rings. The summed E-state index contributed by atoms with van der Waals surface area (Å²) in [6, 6.07) is 15.5. The fourth-order valence-corrected chi connectivity index (χ4v) is 3.21. The molecule has 4 nitrogen and oxygen atoms in total. The molecular formula is C18H22N2O2. The van der Waals surface area contributed by atoms with Crippen molar-refractivity contribution in [2.24, 2.45) is 11.5 Å². The van der Waals surface area contributed by atoms with Crippen molar-refractivity contribution in [3.63, 3.8) is 0 Å². The van der Waals surface area contributed by atoms with Crippen LogP contribution in [0, 0.1) is 0 Å². The molecule has 116 valence electrons. The molecule has 0 saturated heterocycles. The zero-order chi connectivity index (χ0) is 15.7. The quantitative estimate of drug-likeness (QED) is 0.588. The zero-order valence-electron chi connectivity index (χ0n) is 12.4. The van der Waals surface area contributed by atoms with Gasteiger partial charge in [-0.15, -0.1) is 0 Å². The van der Waals surface area contributed by atoms with Crippen LogP contribution >= 0.6 is 0 Å². The Morgan fingerprint density at radius 1 is 0.682 bits per heavy atom. The molecule has 2 aromatic rings. The van der Waals surface area contributed by atoms with Gasteiger partial charge in [0.15, 0.2) is 0 Å². The van der Waals surface area contributed by atoms with Crippen LogP contribution in [-0.2, 0) is 12.8 Å². The first-order valence-electron chi connectivity index (χ1n) is 7.61. The molecule has 0 amide bonds. The predicted molar refractivity (Wildman–Crippen MR) is 86.2 cm³/mol. The topological polar surface area (TPSA) is 92.5 Å². The van der Waals surface area contributed by atoms with Gasteiger partial charge in [-0.25, -0.2) is 0 Å². The molecule has 0 unspecified atom stereocenters. The summed E-state index contributed by atoms with van der Waals surface area (Å²) in [5.74, 6) is 0. The summed E-state index contributed by atoms with van der Waals surface area (Å²) in [6.07, 6.45) is 0.647. The van der Waals surface area contributed by atoms with Crippen molar-refractivity contribution in [3.05, 3.63) is 70.8 Å². The molecule has 2 aliphatic carbocycles. The Kier molecular flexibility index (Phi) is 4.27. The minimum atomic E-state index is -0.382. The van der Waals surface area contributed by atoms with Crippen molar-refractivity contribution < 1.29 is 10.2 Å². The average Bonchev–Trinajstić information content (AvgIpc) is 2.98. The molecule has 4 rings (SSSR count). The fraction of sp³-hybridized carbons (Fsp3) is 0.333. The molecule has 2 aliphatic rings. The maximum absolute atomic E-state index is 9.39. The summed E-state index contributed by atoms with van der Waals surface area (Å²) in [5, 5.41) is 18.8. The normalized spacial score (nSPS) is 28.5. The monoisotopic (exact) mass is 298 g/mol. The second-order valence-corrected chi connectivity index (χ2v) is 5.99. The number of rotatable bonds is 0. The summed E-state index contributed by atoms with van der Waals surface area (Å²) in [6.45, 7) is 0. The van der Waals surface area contributed by atoms with E-state index < -0.39 is 0 Å².